The zero-order chi connectivity index (χ0) is 18.8. The second-order valence-electron chi connectivity index (χ2n) is 7.66. The van der Waals surface area contributed by atoms with Gasteiger partial charge in [0.1, 0.15) is 11.9 Å². The molecule has 1 aliphatic heterocycles. The topological polar surface area (TPSA) is 74.3 Å². The van der Waals surface area contributed by atoms with Gasteiger partial charge < -0.3 is 10.6 Å². The predicted octanol–water partition coefficient (Wildman–Crippen LogP) is 1.84. The Hall–Kier alpha value is -1.95. The van der Waals surface area contributed by atoms with Crippen LogP contribution in [0.4, 0.5) is 5.82 Å². The van der Waals surface area contributed by atoms with E-state index in [4.69, 9.17) is 0 Å². The average Bonchev–Trinajstić information content (AvgIpc) is 2.85. The zero-order valence-electron chi connectivity index (χ0n) is 16.1. The van der Waals surface area contributed by atoms with Gasteiger partial charge in [-0.05, 0) is 25.5 Å². The number of amides is 2. The average molecular weight is 346 g/mol. The lowest BCUT2D eigenvalue weighted by Gasteiger charge is -2.29. The monoisotopic (exact) mass is 346 g/mol. The van der Waals surface area contributed by atoms with Gasteiger partial charge in [-0.15, -0.1) is 0 Å². The normalized spacial score (nSPS) is 18.0. The number of carbonyl (C=O) groups is 2. The van der Waals surface area contributed by atoms with E-state index in [-0.39, 0.29) is 29.2 Å². The van der Waals surface area contributed by atoms with E-state index in [1.54, 1.807) is 18.1 Å². The molecule has 2 rings (SSSR count). The highest BCUT2D eigenvalue weighted by atomic mass is 16.2. The van der Waals surface area contributed by atoms with E-state index in [1.165, 1.54) is 0 Å². The van der Waals surface area contributed by atoms with Crippen LogP contribution in [0.15, 0.2) is 18.3 Å². The molecule has 1 aromatic heterocycles. The number of nitrogens with one attached hydrogen (secondary N) is 2. The van der Waals surface area contributed by atoms with Crippen molar-refractivity contribution >= 4 is 17.6 Å². The summed E-state index contributed by atoms with van der Waals surface area (Å²) in [5.74, 6) is 0.455. The smallest absolute Gasteiger partial charge is 0.251 e. The van der Waals surface area contributed by atoms with Crippen LogP contribution in [0.25, 0.3) is 0 Å². The molecule has 1 aromatic rings. The number of hydrogen-bond acceptors (Lipinski definition) is 4. The van der Waals surface area contributed by atoms with Crippen molar-refractivity contribution < 1.29 is 9.59 Å². The Morgan fingerprint density at radius 1 is 1.36 bits per heavy atom. The molecule has 0 radical (unpaired) electrons. The summed E-state index contributed by atoms with van der Waals surface area (Å²) in [5.41, 5.74) is 0.917. The summed E-state index contributed by atoms with van der Waals surface area (Å²) in [6, 6.07) is 3.05. The number of hydrogen-bond donors (Lipinski definition) is 2. The molecule has 0 aliphatic carbocycles. The van der Waals surface area contributed by atoms with Gasteiger partial charge in [0.25, 0.3) is 5.91 Å². The third kappa shape index (κ3) is 3.84. The zero-order valence-corrected chi connectivity index (χ0v) is 16.1. The van der Waals surface area contributed by atoms with Crippen LogP contribution in [0.1, 0.15) is 46.6 Å². The number of fused-ring (bicyclic) bond motifs is 1. The van der Waals surface area contributed by atoms with Crippen molar-refractivity contribution in [2.24, 2.45) is 5.92 Å². The maximum atomic E-state index is 13.2. The number of aromatic nitrogens is 1. The lowest BCUT2D eigenvalue weighted by Crippen LogP contribution is -2.55. The maximum Gasteiger partial charge on any atom is 0.251 e. The van der Waals surface area contributed by atoms with E-state index in [1.807, 2.05) is 32.9 Å². The predicted molar refractivity (Wildman–Crippen MR) is 99.5 cm³/mol. The summed E-state index contributed by atoms with van der Waals surface area (Å²) in [7, 11) is 1.75. The Labute approximate surface area is 150 Å². The molecule has 2 N–H and O–H groups in total. The first-order chi connectivity index (χ1) is 11.7. The van der Waals surface area contributed by atoms with E-state index in [9.17, 15) is 9.59 Å². The van der Waals surface area contributed by atoms with Gasteiger partial charge in [0.05, 0.1) is 6.04 Å². The molecule has 0 saturated heterocycles. The molecule has 0 aromatic carbocycles. The summed E-state index contributed by atoms with van der Waals surface area (Å²) >= 11 is 0. The molecule has 6 heteroatoms. The molecule has 0 saturated carbocycles. The first-order valence-corrected chi connectivity index (χ1v) is 8.97. The number of rotatable bonds is 6. The van der Waals surface area contributed by atoms with Crippen molar-refractivity contribution in [3.8, 4) is 0 Å². The van der Waals surface area contributed by atoms with Crippen molar-refractivity contribution in [3.63, 3.8) is 0 Å². The fraction of sp³-hybridized carbons (Fsp3) is 0.632. The first-order valence-electron chi connectivity index (χ1n) is 8.97. The Balaban J connectivity index is 2.26. The van der Waals surface area contributed by atoms with Gasteiger partial charge in [-0.2, -0.15) is 0 Å². The number of pyridine rings is 1. The second kappa shape index (κ2) is 7.52. The molecular formula is C19H30N4O2. The summed E-state index contributed by atoms with van der Waals surface area (Å²) in [6.45, 7) is 10.6. The van der Waals surface area contributed by atoms with Crippen LogP contribution < -0.4 is 15.5 Å². The lowest BCUT2D eigenvalue weighted by molar-refractivity contribution is -0.129. The van der Waals surface area contributed by atoms with E-state index >= 15 is 0 Å². The van der Waals surface area contributed by atoms with Crippen molar-refractivity contribution in [3.05, 3.63) is 23.9 Å². The molecule has 0 spiro atoms. The number of anilines is 1. The molecule has 0 fully saturated rings. The van der Waals surface area contributed by atoms with E-state index in [0.717, 1.165) is 5.56 Å². The second-order valence-corrected chi connectivity index (χ2v) is 7.66. The van der Waals surface area contributed by atoms with Crippen molar-refractivity contribution in [2.45, 2.75) is 58.5 Å². The van der Waals surface area contributed by atoms with E-state index in [0.29, 0.717) is 18.8 Å². The fourth-order valence-electron chi connectivity index (χ4n) is 3.33. The summed E-state index contributed by atoms with van der Waals surface area (Å²) < 4.78 is 0. The van der Waals surface area contributed by atoms with Crippen LogP contribution in [0, 0.1) is 5.92 Å². The summed E-state index contributed by atoms with van der Waals surface area (Å²) in [6.07, 6.45) is 2.38. The number of carbonyl (C=O) groups excluding carboxylic acids is 2. The van der Waals surface area contributed by atoms with E-state index < -0.39 is 6.04 Å². The van der Waals surface area contributed by atoms with Gasteiger partial charge in [-0.1, -0.05) is 40.7 Å². The summed E-state index contributed by atoms with van der Waals surface area (Å²) in [5, 5.41) is 5.92. The molecule has 1 aliphatic rings. The largest absolute Gasteiger partial charge is 0.343 e. The summed E-state index contributed by atoms with van der Waals surface area (Å²) in [4.78, 5) is 31.8. The minimum absolute atomic E-state index is 0.0123. The third-order valence-electron chi connectivity index (χ3n) is 4.89. The van der Waals surface area contributed by atoms with Crippen molar-refractivity contribution in [1.82, 2.24) is 15.6 Å². The molecule has 0 bridgehead atoms. The molecule has 25 heavy (non-hydrogen) atoms. The quantitative estimate of drug-likeness (QED) is 0.824. The van der Waals surface area contributed by atoms with Crippen LogP contribution in [-0.4, -0.2) is 42.5 Å². The van der Waals surface area contributed by atoms with Gasteiger partial charge in [-0.3, -0.25) is 14.5 Å². The molecule has 2 heterocycles. The van der Waals surface area contributed by atoms with Gasteiger partial charge in [0, 0.05) is 23.7 Å². The third-order valence-corrected chi connectivity index (χ3v) is 4.89. The molecular weight excluding hydrogens is 316 g/mol. The van der Waals surface area contributed by atoms with Crippen LogP contribution in [0.3, 0.4) is 0 Å². The van der Waals surface area contributed by atoms with Crippen molar-refractivity contribution in [2.75, 3.05) is 18.5 Å². The van der Waals surface area contributed by atoms with Crippen LogP contribution >= 0.6 is 0 Å². The Morgan fingerprint density at radius 2 is 2.04 bits per heavy atom. The molecule has 1 unspecified atom stereocenters. The molecule has 6 nitrogen and oxygen atoms in total. The Morgan fingerprint density at radius 3 is 2.60 bits per heavy atom. The number of nitrogens with zero attached hydrogens (tertiary/aromatic N) is 2. The lowest BCUT2D eigenvalue weighted by atomic mass is 9.88. The molecule has 138 valence electrons. The number of likely N-dealkylation sites (N-methyl/N-ethyl adjacent to an activating group) is 1. The van der Waals surface area contributed by atoms with Crippen LogP contribution in [0.5, 0.6) is 0 Å². The highest BCUT2D eigenvalue weighted by Gasteiger charge is 2.42. The van der Waals surface area contributed by atoms with Gasteiger partial charge in [0.15, 0.2) is 0 Å². The SMILES string of the molecule is CC[C@H](NC)C(=O)NC(C(=O)N1CC(C)(C)c2cccnc21)C(C)C. The van der Waals surface area contributed by atoms with Crippen LogP contribution in [0.2, 0.25) is 0 Å². The highest BCUT2D eigenvalue weighted by molar-refractivity contribution is 6.01. The maximum absolute atomic E-state index is 13.2. The van der Waals surface area contributed by atoms with Gasteiger partial charge in [0.2, 0.25) is 5.91 Å². The standard InChI is InChI=1S/C19H30N4O2/c1-7-14(20-6)17(24)22-15(12(2)3)18(25)23-11-19(4,5)13-9-8-10-21-16(13)23/h8-10,12,14-15,20H,7,11H2,1-6H3,(H,22,24)/t14-,15?/m0/s1. The highest BCUT2D eigenvalue weighted by Crippen LogP contribution is 2.39. The first kappa shape index (κ1) is 19.4. The Kier molecular flexibility index (Phi) is 5.83. The minimum Gasteiger partial charge on any atom is -0.343 e. The minimum atomic E-state index is -0.571. The Bertz CT molecular complexity index is 638. The van der Waals surface area contributed by atoms with Crippen molar-refractivity contribution in [1.29, 1.82) is 0 Å². The van der Waals surface area contributed by atoms with Gasteiger partial charge >= 0.3 is 0 Å². The van der Waals surface area contributed by atoms with Crippen LogP contribution in [-0.2, 0) is 15.0 Å². The molecule has 2 atom stereocenters. The fourth-order valence-corrected chi connectivity index (χ4v) is 3.33. The van der Waals surface area contributed by atoms with Gasteiger partial charge in [-0.25, -0.2) is 4.98 Å². The van der Waals surface area contributed by atoms with E-state index in [2.05, 4.69) is 29.5 Å². The molecule has 2 amide bonds.